The van der Waals surface area contributed by atoms with Crippen LogP contribution in [-0.2, 0) is 4.79 Å². The first-order valence-electron chi connectivity index (χ1n) is 7.39. The first-order valence-corrected chi connectivity index (χ1v) is 8.18. The van der Waals surface area contributed by atoms with Crippen molar-refractivity contribution in [1.82, 2.24) is 0 Å². The molecule has 1 heterocycles. The van der Waals surface area contributed by atoms with Gasteiger partial charge in [0.05, 0.1) is 18.8 Å². The van der Waals surface area contributed by atoms with Gasteiger partial charge < -0.3 is 10.2 Å². The van der Waals surface area contributed by atoms with Crippen molar-refractivity contribution in [2.45, 2.75) is 39.7 Å². The summed E-state index contributed by atoms with van der Waals surface area (Å²) in [6, 6.07) is 6.00. The van der Waals surface area contributed by atoms with Gasteiger partial charge in [-0.05, 0) is 66.2 Å². The third-order valence-corrected chi connectivity index (χ3v) is 4.96. The number of amides is 1. The van der Waals surface area contributed by atoms with Crippen LogP contribution < -0.4 is 10.2 Å². The molecule has 0 unspecified atom stereocenters. The van der Waals surface area contributed by atoms with E-state index < -0.39 is 0 Å². The van der Waals surface area contributed by atoms with Gasteiger partial charge in [0.25, 0.3) is 5.91 Å². The van der Waals surface area contributed by atoms with Crippen LogP contribution in [0.5, 0.6) is 0 Å². The zero-order chi connectivity index (χ0) is 14.7. The number of piperidine rings is 1. The summed E-state index contributed by atoms with van der Waals surface area (Å²) >= 11 is 3.51. The number of aryl methyl sites for hydroxylation is 1. The number of hydrogen-bond acceptors (Lipinski definition) is 1. The average Bonchev–Trinajstić information content (AvgIpc) is 2.42. The van der Waals surface area contributed by atoms with E-state index in [0.717, 1.165) is 29.2 Å². The van der Waals surface area contributed by atoms with Gasteiger partial charge in [0.15, 0.2) is 6.04 Å². The molecule has 2 N–H and O–H groups in total. The van der Waals surface area contributed by atoms with E-state index in [1.165, 1.54) is 23.3 Å². The highest BCUT2D eigenvalue weighted by atomic mass is 79.9. The van der Waals surface area contributed by atoms with Crippen molar-refractivity contribution >= 4 is 27.5 Å². The molecule has 1 atom stereocenters. The number of halogens is 1. The Balaban J connectivity index is 1.97. The molecule has 2 rings (SSSR count). The summed E-state index contributed by atoms with van der Waals surface area (Å²) in [5.74, 6) is 0.916. The van der Waals surface area contributed by atoms with Crippen molar-refractivity contribution in [3.8, 4) is 0 Å². The van der Waals surface area contributed by atoms with Crippen LogP contribution in [0, 0.1) is 12.8 Å². The third-order valence-electron chi connectivity index (χ3n) is 4.30. The van der Waals surface area contributed by atoms with E-state index in [2.05, 4.69) is 28.2 Å². The summed E-state index contributed by atoms with van der Waals surface area (Å²) in [5.41, 5.74) is 2.04. The van der Waals surface area contributed by atoms with Crippen LogP contribution in [0.25, 0.3) is 0 Å². The normalized spacial score (nSPS) is 24.2. The second-order valence-electron chi connectivity index (χ2n) is 6.04. The van der Waals surface area contributed by atoms with Crippen LogP contribution in [0.3, 0.4) is 0 Å². The largest absolute Gasteiger partial charge is 0.325 e. The zero-order valence-corrected chi connectivity index (χ0v) is 14.1. The van der Waals surface area contributed by atoms with E-state index in [1.54, 1.807) is 0 Å². The van der Waals surface area contributed by atoms with Crippen molar-refractivity contribution in [1.29, 1.82) is 0 Å². The molecule has 1 aromatic rings. The second kappa shape index (κ2) is 6.72. The number of carbonyl (C=O) groups excluding carboxylic acids is 1. The van der Waals surface area contributed by atoms with Crippen molar-refractivity contribution in [2.24, 2.45) is 5.92 Å². The Bertz CT molecular complexity index is 481. The maximum absolute atomic E-state index is 12.4. The molecule has 1 aromatic carbocycles. The Morgan fingerprint density at radius 2 is 2.05 bits per heavy atom. The highest BCUT2D eigenvalue weighted by molar-refractivity contribution is 9.10. The molecular weight excluding hydrogens is 316 g/mol. The number of carbonyl (C=O) groups is 1. The van der Waals surface area contributed by atoms with Gasteiger partial charge in [-0.2, -0.15) is 0 Å². The Morgan fingerprint density at radius 3 is 2.65 bits per heavy atom. The van der Waals surface area contributed by atoms with Crippen molar-refractivity contribution in [3.05, 3.63) is 28.2 Å². The summed E-state index contributed by atoms with van der Waals surface area (Å²) in [7, 11) is 0. The lowest BCUT2D eigenvalue weighted by Gasteiger charge is -2.31. The van der Waals surface area contributed by atoms with Gasteiger partial charge in [0.2, 0.25) is 0 Å². The third kappa shape index (κ3) is 3.83. The minimum absolute atomic E-state index is 0.00991. The minimum atomic E-state index is 0.00991. The van der Waals surface area contributed by atoms with Crippen LogP contribution in [0.2, 0.25) is 0 Å². The number of nitrogens with one attached hydrogen (secondary N) is 2. The highest BCUT2D eigenvalue weighted by Gasteiger charge is 2.28. The van der Waals surface area contributed by atoms with Crippen LogP contribution in [0.15, 0.2) is 22.7 Å². The molecule has 20 heavy (non-hydrogen) atoms. The van der Waals surface area contributed by atoms with Gasteiger partial charge in [-0.15, -0.1) is 0 Å². The fourth-order valence-electron chi connectivity index (χ4n) is 2.71. The van der Waals surface area contributed by atoms with Crippen molar-refractivity contribution in [3.63, 3.8) is 0 Å². The number of rotatable bonds is 3. The van der Waals surface area contributed by atoms with E-state index in [9.17, 15) is 4.79 Å². The summed E-state index contributed by atoms with van der Waals surface area (Å²) in [6.07, 6.45) is 2.45. The van der Waals surface area contributed by atoms with Crippen LogP contribution in [-0.4, -0.2) is 25.0 Å². The fourth-order valence-corrected chi connectivity index (χ4v) is 3.31. The first-order chi connectivity index (χ1) is 9.47. The fraction of sp³-hybridized carbons (Fsp3) is 0.562. The van der Waals surface area contributed by atoms with E-state index >= 15 is 0 Å². The average molecular weight is 340 g/mol. The molecule has 4 heteroatoms. The van der Waals surface area contributed by atoms with Crippen molar-refractivity contribution < 1.29 is 9.69 Å². The number of hydrogen-bond donors (Lipinski definition) is 2. The molecule has 0 saturated carbocycles. The summed E-state index contributed by atoms with van der Waals surface area (Å²) in [6.45, 7) is 8.57. The molecule has 1 fully saturated rings. The van der Waals surface area contributed by atoms with E-state index in [1.807, 2.05) is 32.0 Å². The predicted molar refractivity (Wildman–Crippen MR) is 86.1 cm³/mol. The summed E-state index contributed by atoms with van der Waals surface area (Å²) in [4.78, 5) is 13.8. The molecule has 0 spiro atoms. The van der Waals surface area contributed by atoms with Crippen LogP contribution in [0.4, 0.5) is 5.69 Å². The van der Waals surface area contributed by atoms with E-state index in [-0.39, 0.29) is 11.9 Å². The van der Waals surface area contributed by atoms with Crippen LogP contribution >= 0.6 is 15.9 Å². The molecule has 0 radical (unpaired) electrons. The van der Waals surface area contributed by atoms with Gasteiger partial charge >= 0.3 is 0 Å². The quantitative estimate of drug-likeness (QED) is 0.871. The summed E-state index contributed by atoms with van der Waals surface area (Å²) < 4.78 is 0.945. The maximum atomic E-state index is 12.4. The topological polar surface area (TPSA) is 33.5 Å². The molecule has 3 nitrogen and oxygen atoms in total. The molecule has 0 aromatic heterocycles. The number of benzene rings is 1. The highest BCUT2D eigenvalue weighted by Crippen LogP contribution is 2.23. The molecule has 1 aliphatic rings. The Labute approximate surface area is 129 Å². The lowest BCUT2D eigenvalue weighted by atomic mass is 9.98. The predicted octanol–water partition coefficient (Wildman–Crippen LogP) is 2.40. The number of anilines is 1. The molecular formula is C16H24BrN2O+. The molecule has 1 aliphatic heterocycles. The van der Waals surface area contributed by atoms with Gasteiger partial charge in [-0.3, -0.25) is 4.79 Å². The number of likely N-dealkylation sites (tertiary alicyclic amines) is 1. The SMILES string of the molecule is Cc1ccc(NC(=O)[C@H](C)[NH+]2CCC(C)CC2)c(Br)c1. The minimum Gasteiger partial charge on any atom is -0.325 e. The molecule has 0 bridgehead atoms. The molecule has 1 amide bonds. The lowest BCUT2D eigenvalue weighted by Crippen LogP contribution is -3.17. The molecule has 0 aliphatic carbocycles. The second-order valence-corrected chi connectivity index (χ2v) is 6.89. The monoisotopic (exact) mass is 339 g/mol. The van der Waals surface area contributed by atoms with Gasteiger partial charge in [-0.25, -0.2) is 0 Å². The van der Waals surface area contributed by atoms with Gasteiger partial charge in [0, 0.05) is 4.47 Å². The Morgan fingerprint density at radius 1 is 1.40 bits per heavy atom. The maximum Gasteiger partial charge on any atom is 0.282 e. The van der Waals surface area contributed by atoms with E-state index in [4.69, 9.17) is 0 Å². The van der Waals surface area contributed by atoms with Gasteiger partial charge in [-0.1, -0.05) is 13.0 Å². The Kier molecular flexibility index (Phi) is 5.22. The molecule has 110 valence electrons. The van der Waals surface area contributed by atoms with Gasteiger partial charge in [0.1, 0.15) is 0 Å². The lowest BCUT2D eigenvalue weighted by molar-refractivity contribution is -0.919. The zero-order valence-electron chi connectivity index (χ0n) is 12.5. The standard InChI is InChI=1S/C16H23BrN2O/c1-11-6-8-19(9-7-11)13(3)16(20)18-15-5-4-12(2)10-14(15)17/h4-5,10-11,13H,6-9H2,1-3H3,(H,18,20)/p+1/t13-/m0/s1. The van der Waals surface area contributed by atoms with E-state index in [0.29, 0.717) is 0 Å². The van der Waals surface area contributed by atoms with Crippen LogP contribution in [0.1, 0.15) is 32.3 Å². The molecule has 1 saturated heterocycles. The smallest absolute Gasteiger partial charge is 0.282 e. The Hall–Kier alpha value is -0.870. The number of quaternary nitrogens is 1. The van der Waals surface area contributed by atoms with Crippen molar-refractivity contribution in [2.75, 3.05) is 18.4 Å². The first kappa shape index (κ1) is 15.5. The summed E-state index contributed by atoms with van der Waals surface area (Å²) in [5, 5.41) is 3.04.